The Morgan fingerprint density at radius 2 is 1.68 bits per heavy atom. The molecule has 0 unspecified atom stereocenters. The fraction of sp³-hybridized carbons (Fsp3) is 0.188. The number of nitrogens with zero attached hydrogens (tertiary/aromatic N) is 1. The van der Waals surface area contributed by atoms with Crippen molar-refractivity contribution in [3.63, 3.8) is 0 Å². The average Bonchev–Trinajstić information content (AvgIpc) is 2.44. The number of benzene rings is 2. The quantitative estimate of drug-likeness (QED) is 0.736. The number of nitriles is 1. The predicted octanol–water partition coefficient (Wildman–Crippen LogP) is 5.43. The van der Waals surface area contributed by atoms with E-state index in [1.165, 1.54) is 5.56 Å². The highest BCUT2D eigenvalue weighted by Crippen LogP contribution is 2.33. The van der Waals surface area contributed by atoms with Gasteiger partial charge in [-0.1, -0.05) is 59.6 Å². The monoisotopic (exact) mass is 289 g/mol. The van der Waals surface area contributed by atoms with Gasteiger partial charge in [-0.25, -0.2) is 0 Å². The number of halogens is 2. The lowest BCUT2D eigenvalue weighted by atomic mass is 9.88. The summed E-state index contributed by atoms with van der Waals surface area (Å²) in [4.78, 5) is 0. The molecule has 0 aliphatic heterocycles. The lowest BCUT2D eigenvalue weighted by molar-refractivity contribution is 0.733. The Morgan fingerprint density at radius 3 is 2.32 bits per heavy atom. The molecule has 96 valence electrons. The van der Waals surface area contributed by atoms with Crippen molar-refractivity contribution in [2.75, 3.05) is 0 Å². The molecule has 0 aliphatic rings. The molecule has 0 saturated carbocycles. The fourth-order valence-corrected chi connectivity index (χ4v) is 2.46. The maximum Gasteiger partial charge on any atom is 0.0622 e. The third-order valence-corrected chi connectivity index (χ3v) is 3.83. The first kappa shape index (κ1) is 13.9. The molecule has 0 aliphatic carbocycles. The van der Waals surface area contributed by atoms with Crippen molar-refractivity contribution in [1.29, 1.82) is 5.26 Å². The molecule has 0 spiro atoms. The SMILES string of the molecule is N#CCC[C@H](c1ccccc1)c1ccc(Cl)c(Cl)c1. The van der Waals surface area contributed by atoms with Crippen LogP contribution in [0.4, 0.5) is 0 Å². The van der Waals surface area contributed by atoms with Gasteiger partial charge in [0.05, 0.1) is 16.1 Å². The molecule has 2 rings (SSSR count). The van der Waals surface area contributed by atoms with E-state index in [0.29, 0.717) is 16.5 Å². The van der Waals surface area contributed by atoms with E-state index < -0.39 is 0 Å². The van der Waals surface area contributed by atoms with E-state index in [1.807, 2.05) is 36.4 Å². The van der Waals surface area contributed by atoms with Crippen LogP contribution in [0.1, 0.15) is 29.9 Å². The number of hydrogen-bond acceptors (Lipinski definition) is 1. The van der Waals surface area contributed by atoms with Gasteiger partial charge in [-0.05, 0) is 29.7 Å². The lowest BCUT2D eigenvalue weighted by Crippen LogP contribution is -2.01. The van der Waals surface area contributed by atoms with Gasteiger partial charge in [0.25, 0.3) is 0 Å². The predicted molar refractivity (Wildman–Crippen MR) is 79.6 cm³/mol. The van der Waals surface area contributed by atoms with Gasteiger partial charge in [0, 0.05) is 12.3 Å². The van der Waals surface area contributed by atoms with Gasteiger partial charge in [0.2, 0.25) is 0 Å². The van der Waals surface area contributed by atoms with Gasteiger partial charge in [0.1, 0.15) is 0 Å². The second kappa shape index (κ2) is 6.61. The molecule has 2 aromatic rings. The highest BCUT2D eigenvalue weighted by atomic mass is 35.5. The van der Waals surface area contributed by atoms with E-state index in [2.05, 4.69) is 18.2 Å². The molecule has 19 heavy (non-hydrogen) atoms. The van der Waals surface area contributed by atoms with Crippen molar-refractivity contribution in [2.24, 2.45) is 0 Å². The second-order valence-electron chi connectivity index (χ2n) is 4.33. The number of hydrogen-bond donors (Lipinski definition) is 0. The summed E-state index contributed by atoms with van der Waals surface area (Å²) in [6.45, 7) is 0. The van der Waals surface area contributed by atoms with E-state index in [-0.39, 0.29) is 5.92 Å². The van der Waals surface area contributed by atoms with Crippen molar-refractivity contribution >= 4 is 23.2 Å². The third-order valence-electron chi connectivity index (χ3n) is 3.09. The van der Waals surface area contributed by atoms with E-state index in [0.717, 1.165) is 12.0 Å². The van der Waals surface area contributed by atoms with Crippen LogP contribution < -0.4 is 0 Å². The minimum atomic E-state index is 0.176. The summed E-state index contributed by atoms with van der Waals surface area (Å²) >= 11 is 12.0. The van der Waals surface area contributed by atoms with E-state index >= 15 is 0 Å². The zero-order chi connectivity index (χ0) is 13.7. The molecular formula is C16H13Cl2N. The molecule has 1 atom stereocenters. The van der Waals surface area contributed by atoms with Crippen LogP contribution in [0.5, 0.6) is 0 Å². The zero-order valence-corrected chi connectivity index (χ0v) is 11.8. The molecule has 0 bridgehead atoms. The topological polar surface area (TPSA) is 23.8 Å². The van der Waals surface area contributed by atoms with Crippen LogP contribution in [-0.2, 0) is 0 Å². The minimum absolute atomic E-state index is 0.176. The highest BCUT2D eigenvalue weighted by Gasteiger charge is 2.14. The molecule has 0 heterocycles. The van der Waals surface area contributed by atoms with E-state index in [4.69, 9.17) is 28.5 Å². The molecular weight excluding hydrogens is 277 g/mol. The van der Waals surface area contributed by atoms with Crippen molar-refractivity contribution in [3.05, 3.63) is 69.7 Å². The summed E-state index contributed by atoms with van der Waals surface area (Å²) in [7, 11) is 0. The first-order valence-corrected chi connectivity index (χ1v) is 6.85. The summed E-state index contributed by atoms with van der Waals surface area (Å²) in [5, 5.41) is 9.92. The lowest BCUT2D eigenvalue weighted by Gasteiger charge is -2.17. The van der Waals surface area contributed by atoms with E-state index in [1.54, 1.807) is 0 Å². The third kappa shape index (κ3) is 3.50. The van der Waals surface area contributed by atoms with E-state index in [9.17, 15) is 0 Å². The second-order valence-corrected chi connectivity index (χ2v) is 5.15. The fourth-order valence-electron chi connectivity index (χ4n) is 2.15. The van der Waals surface area contributed by atoms with Crippen molar-refractivity contribution in [1.82, 2.24) is 0 Å². The van der Waals surface area contributed by atoms with Crippen molar-refractivity contribution < 1.29 is 0 Å². The van der Waals surface area contributed by atoms with Crippen LogP contribution in [-0.4, -0.2) is 0 Å². The molecule has 1 nitrogen and oxygen atoms in total. The first-order chi connectivity index (χ1) is 9.22. The Bertz CT molecular complexity index is 587. The molecule has 3 heteroatoms. The van der Waals surface area contributed by atoms with Gasteiger partial charge in [-0.3, -0.25) is 0 Å². The summed E-state index contributed by atoms with van der Waals surface area (Å²) in [5.41, 5.74) is 2.28. The standard InChI is InChI=1S/C16H13Cl2N/c17-15-9-8-13(11-16(15)18)14(7-4-10-19)12-5-2-1-3-6-12/h1-3,5-6,8-9,11,14H,4,7H2/t14-/m1/s1. The maximum atomic E-state index is 8.81. The first-order valence-electron chi connectivity index (χ1n) is 6.09. The maximum absolute atomic E-state index is 8.81. The van der Waals surface area contributed by atoms with Crippen LogP contribution >= 0.6 is 23.2 Å². The molecule has 2 aromatic carbocycles. The highest BCUT2D eigenvalue weighted by molar-refractivity contribution is 6.42. The van der Waals surface area contributed by atoms with Gasteiger partial charge in [0.15, 0.2) is 0 Å². The van der Waals surface area contributed by atoms with Crippen LogP contribution in [0, 0.1) is 11.3 Å². The van der Waals surface area contributed by atoms with Crippen LogP contribution in [0.15, 0.2) is 48.5 Å². The normalized spacial score (nSPS) is 11.8. The van der Waals surface area contributed by atoms with Gasteiger partial charge >= 0.3 is 0 Å². The Hall–Kier alpha value is -1.49. The molecule has 0 N–H and O–H groups in total. The zero-order valence-electron chi connectivity index (χ0n) is 10.3. The molecule has 0 radical (unpaired) electrons. The van der Waals surface area contributed by atoms with Crippen molar-refractivity contribution in [3.8, 4) is 6.07 Å². The Balaban J connectivity index is 2.37. The summed E-state index contributed by atoms with van der Waals surface area (Å²) in [5.74, 6) is 0.176. The summed E-state index contributed by atoms with van der Waals surface area (Å²) in [6, 6.07) is 18.0. The smallest absolute Gasteiger partial charge is 0.0622 e. The number of rotatable bonds is 4. The van der Waals surface area contributed by atoms with Gasteiger partial charge in [-0.2, -0.15) is 5.26 Å². The van der Waals surface area contributed by atoms with Crippen LogP contribution in [0.2, 0.25) is 10.0 Å². The molecule has 0 saturated heterocycles. The molecule has 0 amide bonds. The van der Waals surface area contributed by atoms with Gasteiger partial charge in [-0.15, -0.1) is 0 Å². The average molecular weight is 290 g/mol. The van der Waals surface area contributed by atoms with Gasteiger partial charge < -0.3 is 0 Å². The molecule has 0 aromatic heterocycles. The minimum Gasteiger partial charge on any atom is -0.198 e. The van der Waals surface area contributed by atoms with Crippen LogP contribution in [0.25, 0.3) is 0 Å². The Morgan fingerprint density at radius 1 is 0.947 bits per heavy atom. The Kier molecular flexibility index (Phi) is 4.85. The Labute approximate surface area is 123 Å². The summed E-state index contributed by atoms with van der Waals surface area (Å²) in [6.07, 6.45) is 1.29. The van der Waals surface area contributed by atoms with Crippen molar-refractivity contribution in [2.45, 2.75) is 18.8 Å². The summed E-state index contributed by atoms with van der Waals surface area (Å²) < 4.78 is 0. The largest absolute Gasteiger partial charge is 0.198 e. The van der Waals surface area contributed by atoms with Crippen LogP contribution in [0.3, 0.4) is 0 Å². The molecule has 0 fully saturated rings.